The summed E-state index contributed by atoms with van der Waals surface area (Å²) in [5, 5.41) is 0.521. The van der Waals surface area contributed by atoms with Gasteiger partial charge in [0.25, 0.3) is 0 Å². The maximum absolute atomic E-state index is 13.0. The molecule has 0 radical (unpaired) electrons. The van der Waals surface area contributed by atoms with Gasteiger partial charge in [-0.25, -0.2) is 18.4 Å². The molecular weight excluding hydrogens is 417 g/mol. The first-order chi connectivity index (χ1) is 13.0. The molecule has 152 valence electrons. The molecule has 28 heavy (non-hydrogen) atoms. The summed E-state index contributed by atoms with van der Waals surface area (Å²) in [6.07, 6.45) is -4.56. The Hall–Kier alpha value is -1.91. The smallest absolute Gasteiger partial charge is 0.354 e. The molecule has 0 atom stereocenters. The zero-order valence-corrected chi connectivity index (χ0v) is 16.5. The minimum absolute atomic E-state index is 0.0163. The lowest BCUT2D eigenvalue weighted by atomic mass is 10.2. The minimum Gasteiger partial charge on any atom is -0.354 e. The van der Waals surface area contributed by atoms with E-state index in [0.29, 0.717) is 10.6 Å². The highest BCUT2D eigenvalue weighted by atomic mass is 35.5. The summed E-state index contributed by atoms with van der Waals surface area (Å²) in [6.45, 7) is 2.22. The van der Waals surface area contributed by atoms with Crippen molar-refractivity contribution in [1.82, 2.24) is 14.3 Å². The summed E-state index contributed by atoms with van der Waals surface area (Å²) in [4.78, 5) is 9.13. The van der Waals surface area contributed by atoms with Gasteiger partial charge in [0.05, 0.1) is 5.75 Å². The molecule has 1 fully saturated rings. The highest BCUT2D eigenvalue weighted by molar-refractivity contribution is 7.88. The van der Waals surface area contributed by atoms with E-state index in [4.69, 9.17) is 11.6 Å². The largest absolute Gasteiger partial charge is 0.433 e. The van der Waals surface area contributed by atoms with Crippen LogP contribution in [0.5, 0.6) is 0 Å². The van der Waals surface area contributed by atoms with Crippen LogP contribution in [0, 0.1) is 6.92 Å². The Labute approximate surface area is 166 Å². The summed E-state index contributed by atoms with van der Waals surface area (Å²) in [6, 6.07) is 7.45. The van der Waals surface area contributed by atoms with E-state index in [-0.39, 0.29) is 43.6 Å². The molecule has 1 saturated heterocycles. The second-order valence-electron chi connectivity index (χ2n) is 6.43. The number of nitrogens with zero attached hydrogens (tertiary/aromatic N) is 4. The Morgan fingerprint density at radius 1 is 1.07 bits per heavy atom. The predicted molar refractivity (Wildman–Crippen MR) is 99.6 cm³/mol. The lowest BCUT2D eigenvalue weighted by Gasteiger charge is -2.35. The van der Waals surface area contributed by atoms with Gasteiger partial charge in [-0.15, -0.1) is 0 Å². The summed E-state index contributed by atoms with van der Waals surface area (Å²) >= 11 is 5.81. The SMILES string of the molecule is Cc1nc(N2CCN(S(=O)(=O)Cc3ccc(Cl)cc3)CC2)cc(C(F)(F)F)n1. The first kappa shape index (κ1) is 20.8. The summed E-state index contributed by atoms with van der Waals surface area (Å²) in [5.74, 6) is 0.00633. The van der Waals surface area contributed by atoms with Gasteiger partial charge >= 0.3 is 6.18 Å². The van der Waals surface area contributed by atoms with Crippen LogP contribution in [0.2, 0.25) is 5.02 Å². The summed E-state index contributed by atoms with van der Waals surface area (Å²) < 4.78 is 65.5. The van der Waals surface area contributed by atoms with Gasteiger partial charge < -0.3 is 4.90 Å². The van der Waals surface area contributed by atoms with E-state index in [9.17, 15) is 21.6 Å². The van der Waals surface area contributed by atoms with Crippen LogP contribution in [0.1, 0.15) is 17.1 Å². The minimum atomic E-state index is -4.56. The quantitative estimate of drug-likeness (QED) is 0.739. The van der Waals surface area contributed by atoms with Gasteiger partial charge in [0.15, 0.2) is 0 Å². The standard InChI is InChI=1S/C17H18ClF3N4O2S/c1-12-22-15(17(19,20)21)10-16(23-12)24-6-8-25(9-7-24)28(26,27)11-13-2-4-14(18)5-3-13/h2-5,10H,6-9,11H2,1H3. The fraction of sp³-hybridized carbons (Fsp3) is 0.412. The number of rotatable bonds is 4. The Morgan fingerprint density at radius 3 is 2.25 bits per heavy atom. The number of halogens is 4. The topological polar surface area (TPSA) is 66.4 Å². The van der Waals surface area contributed by atoms with E-state index >= 15 is 0 Å². The highest BCUT2D eigenvalue weighted by Crippen LogP contribution is 2.30. The second-order valence-corrected chi connectivity index (χ2v) is 8.83. The lowest BCUT2D eigenvalue weighted by molar-refractivity contribution is -0.141. The summed E-state index contributed by atoms with van der Waals surface area (Å²) in [5.41, 5.74) is -0.388. The average Bonchev–Trinajstić information content (AvgIpc) is 2.62. The molecular formula is C17H18ClF3N4O2S. The maximum atomic E-state index is 13.0. The molecule has 0 spiro atoms. The molecule has 0 saturated carbocycles. The van der Waals surface area contributed by atoms with Crippen LogP contribution < -0.4 is 4.90 Å². The van der Waals surface area contributed by atoms with E-state index in [0.717, 1.165) is 6.07 Å². The molecule has 11 heteroatoms. The van der Waals surface area contributed by atoms with Crippen LogP contribution in [0.15, 0.2) is 30.3 Å². The Morgan fingerprint density at radius 2 is 1.68 bits per heavy atom. The first-order valence-electron chi connectivity index (χ1n) is 8.45. The van der Waals surface area contributed by atoms with Crippen molar-refractivity contribution in [3.05, 3.63) is 52.4 Å². The summed E-state index contributed by atoms with van der Waals surface area (Å²) in [7, 11) is -3.54. The van der Waals surface area contributed by atoms with Gasteiger partial charge in [-0.05, 0) is 24.6 Å². The lowest BCUT2D eigenvalue weighted by Crippen LogP contribution is -2.49. The molecule has 0 unspecified atom stereocenters. The molecule has 3 rings (SSSR count). The van der Waals surface area contributed by atoms with Crippen LogP contribution in [0.4, 0.5) is 19.0 Å². The van der Waals surface area contributed by atoms with E-state index in [1.165, 1.54) is 11.2 Å². The number of hydrogen-bond acceptors (Lipinski definition) is 5. The van der Waals surface area contributed by atoms with Crippen molar-refractivity contribution in [3.8, 4) is 0 Å². The van der Waals surface area contributed by atoms with E-state index in [1.807, 2.05) is 0 Å². The van der Waals surface area contributed by atoms with Crippen LogP contribution in [-0.4, -0.2) is 48.9 Å². The fourth-order valence-electron chi connectivity index (χ4n) is 2.94. The van der Waals surface area contributed by atoms with E-state index in [1.54, 1.807) is 29.2 Å². The normalized spacial score (nSPS) is 16.4. The molecule has 1 aliphatic rings. The number of hydrogen-bond donors (Lipinski definition) is 0. The van der Waals surface area contributed by atoms with Crippen molar-refractivity contribution in [1.29, 1.82) is 0 Å². The third kappa shape index (κ3) is 4.92. The number of sulfonamides is 1. The molecule has 6 nitrogen and oxygen atoms in total. The third-order valence-electron chi connectivity index (χ3n) is 4.33. The van der Waals surface area contributed by atoms with Crippen LogP contribution in [0.3, 0.4) is 0 Å². The molecule has 0 amide bonds. The number of alkyl halides is 3. The predicted octanol–water partition coefficient (Wildman–Crippen LogP) is 3.11. The van der Waals surface area contributed by atoms with Crippen molar-refractivity contribution in [3.63, 3.8) is 0 Å². The van der Waals surface area contributed by atoms with E-state index in [2.05, 4.69) is 9.97 Å². The van der Waals surface area contributed by atoms with Crippen molar-refractivity contribution in [2.75, 3.05) is 31.1 Å². The number of benzene rings is 1. The molecule has 0 N–H and O–H groups in total. The Kier molecular flexibility index (Phi) is 5.83. The number of aromatic nitrogens is 2. The molecule has 0 bridgehead atoms. The van der Waals surface area contributed by atoms with Crippen LogP contribution in [0.25, 0.3) is 0 Å². The molecule has 2 heterocycles. The van der Waals surface area contributed by atoms with Gasteiger partial charge in [-0.3, -0.25) is 0 Å². The van der Waals surface area contributed by atoms with Gasteiger partial charge in [0, 0.05) is 37.3 Å². The van der Waals surface area contributed by atoms with E-state index < -0.39 is 21.9 Å². The molecule has 1 aliphatic heterocycles. The van der Waals surface area contributed by atoms with Gasteiger partial charge in [0.1, 0.15) is 17.3 Å². The Balaban J connectivity index is 1.69. The van der Waals surface area contributed by atoms with Crippen LogP contribution in [-0.2, 0) is 22.0 Å². The average molecular weight is 435 g/mol. The second kappa shape index (κ2) is 7.84. The highest BCUT2D eigenvalue weighted by Gasteiger charge is 2.34. The van der Waals surface area contributed by atoms with Gasteiger partial charge in [-0.2, -0.15) is 17.5 Å². The number of aryl methyl sites for hydroxylation is 1. The van der Waals surface area contributed by atoms with Crippen LogP contribution >= 0.6 is 11.6 Å². The molecule has 2 aromatic rings. The fourth-order valence-corrected chi connectivity index (χ4v) is 4.58. The van der Waals surface area contributed by atoms with Crippen molar-refractivity contribution < 1.29 is 21.6 Å². The number of piperazine rings is 1. The van der Waals surface area contributed by atoms with Crippen molar-refractivity contribution in [2.45, 2.75) is 18.9 Å². The maximum Gasteiger partial charge on any atom is 0.433 e. The van der Waals surface area contributed by atoms with Crippen molar-refractivity contribution >= 4 is 27.4 Å². The molecule has 1 aromatic heterocycles. The first-order valence-corrected chi connectivity index (χ1v) is 10.4. The zero-order valence-electron chi connectivity index (χ0n) is 14.9. The van der Waals surface area contributed by atoms with Gasteiger partial charge in [0.2, 0.25) is 10.0 Å². The zero-order chi connectivity index (χ0) is 20.5. The third-order valence-corrected chi connectivity index (χ3v) is 6.44. The monoisotopic (exact) mass is 434 g/mol. The molecule has 0 aliphatic carbocycles. The molecule has 1 aromatic carbocycles. The van der Waals surface area contributed by atoms with Crippen molar-refractivity contribution in [2.24, 2.45) is 0 Å². The number of anilines is 1. The Bertz CT molecular complexity index is 944. The van der Waals surface area contributed by atoms with Gasteiger partial charge in [-0.1, -0.05) is 23.7 Å².